The molecule has 1 amide bonds. The van der Waals surface area contributed by atoms with E-state index in [4.69, 9.17) is 0 Å². The zero-order valence-electron chi connectivity index (χ0n) is 18.3. The fourth-order valence-electron chi connectivity index (χ4n) is 3.79. The molecule has 0 radical (unpaired) electrons. The Morgan fingerprint density at radius 2 is 1.94 bits per heavy atom. The number of aliphatic hydroxyl groups is 1. The highest BCUT2D eigenvalue weighted by Gasteiger charge is 2.31. The third kappa shape index (κ3) is 5.63. The number of carbonyl (C=O) groups excluding carboxylic acids is 1. The highest BCUT2D eigenvalue weighted by molar-refractivity contribution is 6.05. The summed E-state index contributed by atoms with van der Waals surface area (Å²) in [7, 11) is 0. The standard InChI is InChI=1S/C24H23F3N4O3/c1-15-2-3-17(11-28-15)21-10-18(12-29-22(21)31-9-8-16(13-31)14-32)23(33)30-19-4-6-20(7-5-19)34-24(25,26)27/h2-7,10-12,16,32H,8-9,13-14H2,1H3,(H,30,33). The number of pyridine rings is 2. The van der Waals surface area contributed by atoms with E-state index >= 15 is 0 Å². The lowest BCUT2D eigenvalue weighted by Crippen LogP contribution is -2.23. The molecule has 4 rings (SSSR count). The van der Waals surface area contributed by atoms with Crippen molar-refractivity contribution in [2.75, 3.05) is 29.9 Å². The van der Waals surface area contributed by atoms with Crippen molar-refractivity contribution in [3.63, 3.8) is 0 Å². The van der Waals surface area contributed by atoms with Gasteiger partial charge in [0.25, 0.3) is 5.91 Å². The molecule has 1 atom stereocenters. The number of anilines is 2. The number of aromatic nitrogens is 2. The summed E-state index contributed by atoms with van der Waals surface area (Å²) >= 11 is 0. The van der Waals surface area contributed by atoms with Gasteiger partial charge in [0, 0.05) is 60.5 Å². The number of nitrogens with zero attached hydrogens (tertiary/aromatic N) is 3. The zero-order valence-corrected chi connectivity index (χ0v) is 18.3. The van der Waals surface area contributed by atoms with Crippen LogP contribution in [0.2, 0.25) is 0 Å². The first-order chi connectivity index (χ1) is 16.2. The summed E-state index contributed by atoms with van der Waals surface area (Å²) in [6.45, 7) is 3.38. The summed E-state index contributed by atoms with van der Waals surface area (Å²) in [5.41, 5.74) is 2.98. The van der Waals surface area contributed by atoms with Crippen LogP contribution in [0, 0.1) is 12.8 Å². The van der Waals surface area contributed by atoms with E-state index in [1.807, 2.05) is 19.1 Å². The van der Waals surface area contributed by atoms with E-state index in [1.165, 1.54) is 18.3 Å². The van der Waals surface area contributed by atoms with Crippen LogP contribution < -0.4 is 15.0 Å². The van der Waals surface area contributed by atoms with Crippen molar-refractivity contribution >= 4 is 17.4 Å². The average Bonchev–Trinajstić information content (AvgIpc) is 3.29. The summed E-state index contributed by atoms with van der Waals surface area (Å²) < 4.78 is 40.9. The number of alkyl halides is 3. The van der Waals surface area contributed by atoms with E-state index in [0.29, 0.717) is 18.1 Å². The number of benzene rings is 1. The molecule has 1 aromatic carbocycles. The van der Waals surface area contributed by atoms with E-state index in [-0.39, 0.29) is 23.8 Å². The van der Waals surface area contributed by atoms with Gasteiger partial charge in [0.2, 0.25) is 0 Å². The van der Waals surface area contributed by atoms with Crippen LogP contribution in [0.4, 0.5) is 24.7 Å². The van der Waals surface area contributed by atoms with Gasteiger partial charge < -0.3 is 20.1 Å². The summed E-state index contributed by atoms with van der Waals surface area (Å²) in [6.07, 6.45) is -0.758. The maximum Gasteiger partial charge on any atom is 0.573 e. The van der Waals surface area contributed by atoms with Crippen LogP contribution in [0.25, 0.3) is 11.1 Å². The fraction of sp³-hybridized carbons (Fsp3) is 0.292. The van der Waals surface area contributed by atoms with Crippen molar-refractivity contribution in [1.82, 2.24) is 9.97 Å². The molecule has 7 nitrogen and oxygen atoms in total. The van der Waals surface area contributed by atoms with Gasteiger partial charge in [0.05, 0.1) is 5.56 Å². The molecule has 0 spiro atoms. The van der Waals surface area contributed by atoms with E-state index in [2.05, 4.69) is 24.9 Å². The molecule has 1 unspecified atom stereocenters. The Labute approximate surface area is 194 Å². The number of rotatable bonds is 6. The van der Waals surface area contributed by atoms with Crippen molar-refractivity contribution < 1.29 is 27.8 Å². The van der Waals surface area contributed by atoms with Crippen LogP contribution in [0.5, 0.6) is 5.75 Å². The van der Waals surface area contributed by atoms with E-state index in [0.717, 1.165) is 41.9 Å². The van der Waals surface area contributed by atoms with Gasteiger partial charge in [-0.2, -0.15) is 0 Å². The second-order valence-electron chi connectivity index (χ2n) is 8.09. The lowest BCUT2D eigenvalue weighted by Gasteiger charge is -2.21. The Balaban J connectivity index is 1.59. The van der Waals surface area contributed by atoms with Crippen molar-refractivity contribution in [2.45, 2.75) is 19.7 Å². The van der Waals surface area contributed by atoms with Gasteiger partial charge in [-0.1, -0.05) is 6.07 Å². The van der Waals surface area contributed by atoms with Crippen LogP contribution in [0.15, 0.2) is 54.9 Å². The Hall–Kier alpha value is -3.66. The summed E-state index contributed by atoms with van der Waals surface area (Å²) in [5.74, 6) is 0.0295. The Morgan fingerprint density at radius 3 is 2.56 bits per heavy atom. The van der Waals surface area contributed by atoms with Crippen LogP contribution in [0.1, 0.15) is 22.5 Å². The first-order valence-electron chi connectivity index (χ1n) is 10.7. The number of nitrogens with one attached hydrogen (secondary N) is 1. The molecule has 2 aromatic heterocycles. The molecule has 0 aliphatic carbocycles. The number of hydrogen-bond donors (Lipinski definition) is 2. The highest BCUT2D eigenvalue weighted by atomic mass is 19.4. The normalized spacial score (nSPS) is 15.9. The van der Waals surface area contributed by atoms with Crippen LogP contribution >= 0.6 is 0 Å². The molecule has 0 bridgehead atoms. The molecule has 3 heterocycles. The molecule has 1 fully saturated rings. The number of halogens is 3. The molecule has 0 saturated carbocycles. The molecule has 1 aliphatic rings. The number of carbonyl (C=O) groups is 1. The van der Waals surface area contributed by atoms with Crippen LogP contribution in [-0.4, -0.2) is 47.0 Å². The molecular formula is C24H23F3N4O3. The van der Waals surface area contributed by atoms with Crippen molar-refractivity contribution in [3.05, 3.63) is 66.1 Å². The Bertz CT molecular complexity index is 1150. The quantitative estimate of drug-likeness (QED) is 0.552. The monoisotopic (exact) mass is 472 g/mol. The minimum absolute atomic E-state index is 0.102. The van der Waals surface area contributed by atoms with Crippen molar-refractivity contribution in [2.24, 2.45) is 5.92 Å². The van der Waals surface area contributed by atoms with Crippen molar-refractivity contribution in [1.29, 1.82) is 0 Å². The molecule has 1 saturated heterocycles. The number of hydrogen-bond acceptors (Lipinski definition) is 6. The molecule has 34 heavy (non-hydrogen) atoms. The Kier molecular flexibility index (Phi) is 6.69. The van der Waals surface area contributed by atoms with Gasteiger partial charge in [-0.25, -0.2) is 4.98 Å². The number of ether oxygens (including phenoxy) is 1. The molecule has 178 valence electrons. The first-order valence-corrected chi connectivity index (χ1v) is 10.7. The van der Waals surface area contributed by atoms with Crippen LogP contribution in [0.3, 0.4) is 0 Å². The van der Waals surface area contributed by atoms with Gasteiger partial charge >= 0.3 is 6.36 Å². The minimum Gasteiger partial charge on any atom is -0.406 e. The van der Waals surface area contributed by atoms with E-state index in [9.17, 15) is 23.1 Å². The smallest absolute Gasteiger partial charge is 0.406 e. The predicted octanol–water partition coefficient (Wildman–Crippen LogP) is 4.42. The lowest BCUT2D eigenvalue weighted by molar-refractivity contribution is -0.274. The molecular weight excluding hydrogens is 449 g/mol. The first kappa shape index (κ1) is 23.5. The molecule has 3 aromatic rings. The molecule has 2 N–H and O–H groups in total. The highest BCUT2D eigenvalue weighted by Crippen LogP contribution is 2.33. The SMILES string of the molecule is Cc1ccc(-c2cc(C(=O)Nc3ccc(OC(F)(F)F)cc3)cnc2N2CCC(CO)C2)cn1. The topological polar surface area (TPSA) is 87.6 Å². The maximum absolute atomic E-state index is 12.9. The fourth-order valence-corrected chi connectivity index (χ4v) is 3.79. The molecule has 10 heteroatoms. The summed E-state index contributed by atoms with van der Waals surface area (Å²) in [4.78, 5) is 23.9. The average molecular weight is 472 g/mol. The largest absolute Gasteiger partial charge is 0.573 e. The second-order valence-corrected chi connectivity index (χ2v) is 8.09. The third-order valence-corrected chi connectivity index (χ3v) is 5.54. The zero-order chi connectivity index (χ0) is 24.3. The Morgan fingerprint density at radius 1 is 1.18 bits per heavy atom. The summed E-state index contributed by atoms with van der Waals surface area (Å²) in [5, 5.41) is 12.2. The lowest BCUT2D eigenvalue weighted by atomic mass is 10.0. The minimum atomic E-state index is -4.79. The second kappa shape index (κ2) is 9.68. The third-order valence-electron chi connectivity index (χ3n) is 5.54. The number of aliphatic hydroxyl groups excluding tert-OH is 1. The molecule has 1 aliphatic heterocycles. The van der Waals surface area contributed by atoms with Crippen LogP contribution in [-0.2, 0) is 0 Å². The van der Waals surface area contributed by atoms with E-state index < -0.39 is 12.3 Å². The van der Waals surface area contributed by atoms with Gasteiger partial charge in [0.1, 0.15) is 11.6 Å². The van der Waals surface area contributed by atoms with Gasteiger partial charge in [-0.3, -0.25) is 9.78 Å². The summed E-state index contributed by atoms with van der Waals surface area (Å²) in [6, 6.07) is 10.4. The number of amides is 1. The van der Waals surface area contributed by atoms with Gasteiger partial charge in [0.15, 0.2) is 0 Å². The van der Waals surface area contributed by atoms with Crippen molar-refractivity contribution in [3.8, 4) is 16.9 Å². The maximum atomic E-state index is 12.9. The predicted molar refractivity (Wildman–Crippen MR) is 121 cm³/mol. The van der Waals surface area contributed by atoms with E-state index in [1.54, 1.807) is 12.3 Å². The van der Waals surface area contributed by atoms with Gasteiger partial charge in [-0.05, 0) is 49.7 Å². The van der Waals surface area contributed by atoms with Gasteiger partial charge in [-0.15, -0.1) is 13.2 Å². The number of aryl methyl sites for hydroxylation is 1.